The van der Waals surface area contributed by atoms with Crippen molar-refractivity contribution >= 4 is 0 Å². The molecule has 0 aliphatic carbocycles. The van der Waals surface area contributed by atoms with E-state index in [0.717, 1.165) is 23.6 Å². The van der Waals surface area contributed by atoms with Crippen molar-refractivity contribution in [3.63, 3.8) is 0 Å². The molecule has 0 unspecified atom stereocenters. The molecule has 3 rings (SSSR count). The molecule has 1 aromatic carbocycles. The van der Waals surface area contributed by atoms with Crippen molar-refractivity contribution in [1.29, 1.82) is 0 Å². The molecule has 0 spiro atoms. The second-order valence-corrected chi connectivity index (χ2v) is 4.54. The molecule has 2 heterocycles. The van der Waals surface area contributed by atoms with Gasteiger partial charge in [0.25, 0.3) is 0 Å². The van der Waals surface area contributed by atoms with Gasteiger partial charge in [0.2, 0.25) is 12.7 Å². The molecule has 5 heteroatoms. The molecule has 0 saturated heterocycles. The highest BCUT2D eigenvalue weighted by atomic mass is 16.7. The summed E-state index contributed by atoms with van der Waals surface area (Å²) in [7, 11) is 1.91. The molecule has 1 aliphatic rings. The van der Waals surface area contributed by atoms with E-state index in [0.29, 0.717) is 17.4 Å². The molecular weight excluding hydrogens is 256 g/mol. The lowest BCUT2D eigenvalue weighted by Crippen LogP contribution is -2.07. The number of pyridine rings is 1. The zero-order valence-electron chi connectivity index (χ0n) is 11.5. The van der Waals surface area contributed by atoms with Gasteiger partial charge in [0.05, 0.1) is 0 Å². The molecular formula is C15H16N2O3. The van der Waals surface area contributed by atoms with E-state index < -0.39 is 0 Å². The van der Waals surface area contributed by atoms with Gasteiger partial charge >= 0.3 is 0 Å². The van der Waals surface area contributed by atoms with E-state index >= 15 is 0 Å². The minimum absolute atomic E-state index is 0.259. The summed E-state index contributed by atoms with van der Waals surface area (Å²) in [6.45, 7) is 3.02. The number of hydrogen-bond donors (Lipinski definition) is 1. The van der Waals surface area contributed by atoms with Gasteiger partial charge in [-0.25, -0.2) is 4.98 Å². The van der Waals surface area contributed by atoms with Crippen molar-refractivity contribution in [1.82, 2.24) is 10.3 Å². The van der Waals surface area contributed by atoms with Crippen LogP contribution in [0.2, 0.25) is 0 Å². The Kier molecular flexibility index (Phi) is 3.43. The van der Waals surface area contributed by atoms with E-state index in [1.807, 2.05) is 38.2 Å². The first kappa shape index (κ1) is 12.7. The lowest BCUT2D eigenvalue weighted by molar-refractivity contribution is 0.174. The maximum absolute atomic E-state index is 5.75. The van der Waals surface area contributed by atoms with E-state index in [-0.39, 0.29) is 6.79 Å². The lowest BCUT2D eigenvalue weighted by Gasteiger charge is -2.09. The Morgan fingerprint density at radius 3 is 2.85 bits per heavy atom. The fraction of sp³-hybridized carbons (Fsp3) is 0.267. The van der Waals surface area contributed by atoms with Crippen LogP contribution in [-0.4, -0.2) is 18.8 Å². The minimum Gasteiger partial charge on any atom is -0.454 e. The maximum Gasteiger partial charge on any atom is 0.231 e. The molecule has 1 aliphatic heterocycles. The molecule has 0 atom stereocenters. The summed E-state index contributed by atoms with van der Waals surface area (Å²) in [5.41, 5.74) is 2.11. The predicted octanol–water partition coefficient (Wildman–Crippen LogP) is 2.63. The zero-order chi connectivity index (χ0) is 13.9. The topological polar surface area (TPSA) is 52.6 Å². The summed E-state index contributed by atoms with van der Waals surface area (Å²) in [4.78, 5) is 4.45. The van der Waals surface area contributed by atoms with E-state index in [1.165, 1.54) is 0 Å². The van der Waals surface area contributed by atoms with Crippen LogP contribution in [0, 0.1) is 6.92 Å². The van der Waals surface area contributed by atoms with Gasteiger partial charge in [-0.05, 0) is 31.7 Å². The van der Waals surface area contributed by atoms with Crippen LogP contribution >= 0.6 is 0 Å². The molecule has 20 heavy (non-hydrogen) atoms. The van der Waals surface area contributed by atoms with Gasteiger partial charge in [-0.1, -0.05) is 6.07 Å². The van der Waals surface area contributed by atoms with Crippen LogP contribution in [-0.2, 0) is 6.54 Å². The van der Waals surface area contributed by atoms with Crippen molar-refractivity contribution < 1.29 is 14.2 Å². The van der Waals surface area contributed by atoms with Gasteiger partial charge in [-0.2, -0.15) is 0 Å². The summed E-state index contributed by atoms with van der Waals surface area (Å²) >= 11 is 0. The first-order valence-electron chi connectivity index (χ1n) is 6.45. The monoisotopic (exact) mass is 272 g/mol. The second kappa shape index (κ2) is 5.38. The molecule has 5 nitrogen and oxygen atoms in total. The number of rotatable bonds is 4. The molecule has 0 radical (unpaired) electrons. The number of nitrogens with one attached hydrogen (secondary N) is 1. The smallest absolute Gasteiger partial charge is 0.231 e. The standard InChI is InChI=1S/C15H16N2O3/c1-10-11(8-16-2)3-6-15(17-10)20-12-4-5-13-14(7-12)19-9-18-13/h3-7,16H,8-9H2,1-2H3. The molecule has 0 fully saturated rings. The van der Waals surface area contributed by atoms with Crippen molar-refractivity contribution in [3.8, 4) is 23.1 Å². The molecule has 1 aromatic heterocycles. The van der Waals surface area contributed by atoms with Crippen LogP contribution < -0.4 is 19.5 Å². The third kappa shape index (κ3) is 2.53. The average Bonchev–Trinajstić information content (AvgIpc) is 2.89. The third-order valence-corrected chi connectivity index (χ3v) is 3.10. The van der Waals surface area contributed by atoms with Gasteiger partial charge in [0, 0.05) is 24.4 Å². The Hall–Kier alpha value is -2.27. The first-order valence-corrected chi connectivity index (χ1v) is 6.45. The van der Waals surface area contributed by atoms with Crippen LogP contribution in [0.5, 0.6) is 23.1 Å². The molecule has 104 valence electrons. The van der Waals surface area contributed by atoms with E-state index in [2.05, 4.69) is 10.3 Å². The zero-order valence-corrected chi connectivity index (χ0v) is 11.5. The Bertz CT molecular complexity index is 629. The normalized spacial score (nSPS) is 12.5. The van der Waals surface area contributed by atoms with Gasteiger partial charge < -0.3 is 19.5 Å². The van der Waals surface area contributed by atoms with Gasteiger partial charge in [-0.15, -0.1) is 0 Å². The molecule has 0 amide bonds. The van der Waals surface area contributed by atoms with Crippen LogP contribution in [0.3, 0.4) is 0 Å². The van der Waals surface area contributed by atoms with Crippen molar-refractivity contribution in [3.05, 3.63) is 41.6 Å². The van der Waals surface area contributed by atoms with Gasteiger partial charge in [0.1, 0.15) is 5.75 Å². The molecule has 1 N–H and O–H groups in total. The fourth-order valence-corrected chi connectivity index (χ4v) is 2.06. The Labute approximate surface area is 117 Å². The Balaban J connectivity index is 1.79. The number of fused-ring (bicyclic) bond motifs is 1. The summed E-state index contributed by atoms with van der Waals surface area (Å²) in [5.74, 6) is 2.70. The van der Waals surface area contributed by atoms with Crippen LogP contribution in [0.4, 0.5) is 0 Å². The summed E-state index contributed by atoms with van der Waals surface area (Å²) in [5, 5.41) is 3.11. The molecule has 0 bridgehead atoms. The molecule has 0 saturated carbocycles. The van der Waals surface area contributed by atoms with E-state index in [1.54, 1.807) is 6.07 Å². The lowest BCUT2D eigenvalue weighted by atomic mass is 10.2. The number of benzene rings is 1. The summed E-state index contributed by atoms with van der Waals surface area (Å²) < 4.78 is 16.3. The van der Waals surface area contributed by atoms with Gasteiger partial charge in [-0.3, -0.25) is 0 Å². The summed E-state index contributed by atoms with van der Waals surface area (Å²) in [6, 6.07) is 9.36. The number of aromatic nitrogens is 1. The number of nitrogens with zero attached hydrogens (tertiary/aromatic N) is 1. The van der Waals surface area contributed by atoms with E-state index in [4.69, 9.17) is 14.2 Å². The van der Waals surface area contributed by atoms with E-state index in [9.17, 15) is 0 Å². The number of ether oxygens (including phenoxy) is 3. The second-order valence-electron chi connectivity index (χ2n) is 4.54. The fourth-order valence-electron chi connectivity index (χ4n) is 2.06. The number of hydrogen-bond acceptors (Lipinski definition) is 5. The predicted molar refractivity (Wildman–Crippen MR) is 74.4 cm³/mol. The van der Waals surface area contributed by atoms with Crippen molar-refractivity contribution in [2.45, 2.75) is 13.5 Å². The largest absolute Gasteiger partial charge is 0.454 e. The highest BCUT2D eigenvalue weighted by Gasteiger charge is 2.14. The minimum atomic E-state index is 0.259. The third-order valence-electron chi connectivity index (χ3n) is 3.10. The summed E-state index contributed by atoms with van der Waals surface area (Å²) in [6.07, 6.45) is 0. The average molecular weight is 272 g/mol. The van der Waals surface area contributed by atoms with Crippen LogP contribution in [0.15, 0.2) is 30.3 Å². The number of aryl methyl sites for hydroxylation is 1. The Morgan fingerprint density at radius 1 is 1.20 bits per heavy atom. The van der Waals surface area contributed by atoms with Gasteiger partial charge in [0.15, 0.2) is 11.5 Å². The molecule has 2 aromatic rings. The van der Waals surface area contributed by atoms with Crippen molar-refractivity contribution in [2.75, 3.05) is 13.8 Å². The van der Waals surface area contributed by atoms with Crippen LogP contribution in [0.1, 0.15) is 11.3 Å². The van der Waals surface area contributed by atoms with Crippen LogP contribution in [0.25, 0.3) is 0 Å². The van der Waals surface area contributed by atoms with Crippen molar-refractivity contribution in [2.24, 2.45) is 0 Å². The quantitative estimate of drug-likeness (QED) is 0.927. The first-order chi connectivity index (χ1) is 9.76. The Morgan fingerprint density at radius 2 is 2.05 bits per heavy atom. The highest BCUT2D eigenvalue weighted by molar-refractivity contribution is 5.47. The highest BCUT2D eigenvalue weighted by Crippen LogP contribution is 2.36. The maximum atomic E-state index is 5.75. The SMILES string of the molecule is CNCc1ccc(Oc2ccc3c(c2)OCO3)nc1C.